The fraction of sp³-hybridized carbons (Fsp3) is 0.261. The molecular weight excluding hydrogens is 510 g/mol. The van der Waals surface area contributed by atoms with Gasteiger partial charge in [-0.1, -0.05) is 41.9 Å². The van der Waals surface area contributed by atoms with Gasteiger partial charge in [0.15, 0.2) is 5.69 Å². The first-order valence-corrected chi connectivity index (χ1v) is 10.9. The molecule has 0 atom stereocenters. The maximum atomic E-state index is 13.7. The Morgan fingerprint density at radius 3 is 2.31 bits per heavy atom. The summed E-state index contributed by atoms with van der Waals surface area (Å²) in [6.07, 6.45) is -1.30. The smallest absolute Gasteiger partial charge is 0.436 e. The van der Waals surface area contributed by atoms with E-state index in [2.05, 4.69) is 17.0 Å². The van der Waals surface area contributed by atoms with Crippen molar-refractivity contribution in [2.75, 3.05) is 0 Å². The number of halogens is 5. The SMILES string of the molecule is C=C(Cl)/C(Cl)=C\C=C(/C)Oc1c(C(=O)NC2(c3ccc(C(=O)O)cc3)CC2)c(C(F)(F)F)nn1C. The number of amides is 1. The molecule has 1 heterocycles. The number of carboxylic acids is 1. The maximum Gasteiger partial charge on any atom is 0.436 e. The first-order valence-electron chi connectivity index (χ1n) is 10.1. The van der Waals surface area contributed by atoms with E-state index in [4.69, 9.17) is 33.0 Å². The van der Waals surface area contributed by atoms with E-state index in [0.29, 0.717) is 18.4 Å². The average molecular weight is 530 g/mol. The van der Waals surface area contributed by atoms with Crippen molar-refractivity contribution >= 4 is 35.1 Å². The molecule has 1 aliphatic carbocycles. The van der Waals surface area contributed by atoms with Gasteiger partial charge in [-0.2, -0.15) is 18.3 Å². The average Bonchev–Trinajstić information content (AvgIpc) is 3.47. The minimum atomic E-state index is -4.93. The van der Waals surface area contributed by atoms with Crippen LogP contribution in [0.5, 0.6) is 5.88 Å². The highest BCUT2D eigenvalue weighted by Gasteiger charge is 2.49. The molecule has 1 amide bonds. The molecular formula is C23H20Cl2F3N3O4. The monoisotopic (exact) mass is 529 g/mol. The molecule has 7 nitrogen and oxygen atoms in total. The molecule has 1 fully saturated rings. The number of hydrogen-bond donors (Lipinski definition) is 2. The number of aromatic carboxylic acids is 1. The Kier molecular flexibility index (Phi) is 7.37. The summed E-state index contributed by atoms with van der Waals surface area (Å²) in [5, 5.41) is 15.3. The number of allylic oxidation sites excluding steroid dienone is 5. The summed E-state index contributed by atoms with van der Waals surface area (Å²) < 4.78 is 47.6. The molecule has 3 rings (SSSR count). The molecule has 0 radical (unpaired) electrons. The van der Waals surface area contributed by atoms with Crippen LogP contribution < -0.4 is 10.1 Å². The zero-order valence-electron chi connectivity index (χ0n) is 18.5. The van der Waals surface area contributed by atoms with Crippen LogP contribution in [0.4, 0.5) is 13.2 Å². The van der Waals surface area contributed by atoms with Crippen LogP contribution in [0.25, 0.3) is 0 Å². The Labute approximate surface area is 208 Å². The third kappa shape index (κ3) is 5.88. The van der Waals surface area contributed by atoms with Crippen LogP contribution in [0, 0.1) is 0 Å². The number of aryl methyl sites for hydroxylation is 1. The van der Waals surface area contributed by atoms with E-state index >= 15 is 0 Å². The fourth-order valence-corrected chi connectivity index (χ4v) is 3.44. The van der Waals surface area contributed by atoms with Crippen LogP contribution in [0.3, 0.4) is 0 Å². The minimum absolute atomic E-state index is 0.0485. The molecule has 0 aliphatic heterocycles. The lowest BCUT2D eigenvalue weighted by molar-refractivity contribution is -0.141. The molecule has 1 aromatic heterocycles. The Balaban J connectivity index is 1.96. The van der Waals surface area contributed by atoms with Gasteiger partial charge in [-0.3, -0.25) is 4.79 Å². The Morgan fingerprint density at radius 1 is 1.23 bits per heavy atom. The molecule has 2 N–H and O–H groups in total. The molecule has 0 saturated heterocycles. The highest BCUT2D eigenvalue weighted by atomic mass is 35.5. The molecule has 0 unspecified atom stereocenters. The second-order valence-corrected chi connectivity index (χ2v) is 8.73. The van der Waals surface area contributed by atoms with Gasteiger partial charge in [0.1, 0.15) is 11.3 Å². The highest BCUT2D eigenvalue weighted by molar-refractivity contribution is 6.43. The number of ether oxygens (including phenoxy) is 1. The lowest BCUT2D eigenvalue weighted by atomic mass is 10.0. The predicted octanol–water partition coefficient (Wildman–Crippen LogP) is 5.71. The first kappa shape index (κ1) is 26.4. The lowest BCUT2D eigenvalue weighted by Gasteiger charge is -2.19. The number of alkyl halides is 3. The van der Waals surface area contributed by atoms with Gasteiger partial charge in [-0.15, -0.1) is 0 Å². The van der Waals surface area contributed by atoms with Gasteiger partial charge in [-0.25, -0.2) is 9.48 Å². The normalized spacial score (nSPS) is 15.5. The van der Waals surface area contributed by atoms with Crippen molar-refractivity contribution in [3.05, 3.63) is 81.2 Å². The number of rotatable bonds is 8. The zero-order valence-corrected chi connectivity index (χ0v) is 20.1. The zero-order chi connectivity index (χ0) is 26.1. The third-order valence-corrected chi connectivity index (χ3v) is 5.91. The van der Waals surface area contributed by atoms with Gasteiger partial charge in [-0.05, 0) is 49.6 Å². The standard InChI is InChI=1S/C23H20Cl2F3N3O4/c1-12(4-9-16(25)13(2)24)35-20-17(18(23(26,27)28)30-31(20)3)19(32)29-22(10-11-22)15-7-5-14(6-8-15)21(33)34/h4-9H,2,10-11H2,1,3H3,(H,29,32)(H,33,34)/b12-4+,16-9+. The highest BCUT2D eigenvalue weighted by Crippen LogP contribution is 2.46. The fourth-order valence-electron chi connectivity index (χ4n) is 3.32. The Morgan fingerprint density at radius 2 is 1.83 bits per heavy atom. The van der Waals surface area contributed by atoms with E-state index in [1.807, 2.05) is 0 Å². The van der Waals surface area contributed by atoms with E-state index in [1.165, 1.54) is 50.4 Å². The van der Waals surface area contributed by atoms with Gasteiger partial charge >= 0.3 is 12.1 Å². The lowest BCUT2D eigenvalue weighted by Crippen LogP contribution is -2.36. The van der Waals surface area contributed by atoms with Gasteiger partial charge in [0.25, 0.3) is 5.91 Å². The molecule has 1 aromatic carbocycles. The number of nitrogens with zero attached hydrogens (tertiary/aromatic N) is 2. The van der Waals surface area contributed by atoms with Crippen LogP contribution in [0.15, 0.2) is 58.8 Å². The van der Waals surface area contributed by atoms with Crippen molar-refractivity contribution in [1.29, 1.82) is 0 Å². The van der Waals surface area contributed by atoms with E-state index in [9.17, 15) is 22.8 Å². The molecule has 12 heteroatoms. The molecule has 0 bridgehead atoms. The van der Waals surface area contributed by atoms with Crippen LogP contribution in [0.1, 0.15) is 51.7 Å². The first-order chi connectivity index (χ1) is 16.2. The molecule has 1 aliphatic rings. The van der Waals surface area contributed by atoms with Crippen LogP contribution in [-0.2, 0) is 18.8 Å². The van der Waals surface area contributed by atoms with Crippen LogP contribution in [-0.4, -0.2) is 26.8 Å². The van der Waals surface area contributed by atoms with E-state index < -0.39 is 40.7 Å². The van der Waals surface area contributed by atoms with Crippen LogP contribution >= 0.6 is 23.2 Å². The summed E-state index contributed by atoms with van der Waals surface area (Å²) in [4.78, 5) is 24.3. The van der Waals surface area contributed by atoms with Crippen molar-refractivity contribution in [2.45, 2.75) is 31.5 Å². The second-order valence-electron chi connectivity index (χ2n) is 7.87. The molecule has 0 spiro atoms. The number of carboxylic acid groups (broad SMARTS) is 1. The van der Waals surface area contributed by atoms with Crippen molar-refractivity contribution in [3.63, 3.8) is 0 Å². The van der Waals surface area contributed by atoms with Gasteiger partial charge in [0, 0.05) is 7.05 Å². The third-order valence-electron chi connectivity index (χ3n) is 5.26. The number of nitrogens with one attached hydrogen (secondary N) is 1. The summed E-state index contributed by atoms with van der Waals surface area (Å²) in [6.45, 7) is 4.90. The van der Waals surface area contributed by atoms with Crippen LogP contribution in [0.2, 0.25) is 0 Å². The van der Waals surface area contributed by atoms with E-state index in [1.54, 1.807) is 0 Å². The Hall–Kier alpha value is -3.24. The molecule has 2 aromatic rings. The molecule has 35 heavy (non-hydrogen) atoms. The summed E-state index contributed by atoms with van der Waals surface area (Å²) in [5.41, 5.74) is -2.48. The summed E-state index contributed by atoms with van der Waals surface area (Å²) in [6, 6.07) is 5.78. The number of carbonyl (C=O) groups is 2. The number of carbonyl (C=O) groups excluding carboxylic acids is 1. The van der Waals surface area contributed by atoms with Crippen molar-refractivity contribution in [3.8, 4) is 5.88 Å². The topological polar surface area (TPSA) is 93.4 Å². The largest absolute Gasteiger partial charge is 0.478 e. The number of hydrogen-bond acceptors (Lipinski definition) is 4. The predicted molar refractivity (Wildman–Crippen MR) is 123 cm³/mol. The minimum Gasteiger partial charge on any atom is -0.478 e. The van der Waals surface area contributed by atoms with Gasteiger partial charge in [0.05, 0.1) is 21.2 Å². The van der Waals surface area contributed by atoms with Crippen molar-refractivity contribution in [1.82, 2.24) is 15.1 Å². The number of aromatic nitrogens is 2. The van der Waals surface area contributed by atoms with Gasteiger partial charge in [0.2, 0.25) is 5.88 Å². The van der Waals surface area contributed by atoms with E-state index in [-0.39, 0.29) is 21.4 Å². The van der Waals surface area contributed by atoms with E-state index in [0.717, 1.165) is 4.68 Å². The quantitative estimate of drug-likeness (QED) is 0.337. The van der Waals surface area contributed by atoms with Crippen molar-refractivity contribution < 1.29 is 32.6 Å². The maximum absolute atomic E-state index is 13.7. The summed E-state index contributed by atoms with van der Waals surface area (Å²) >= 11 is 11.5. The second kappa shape index (κ2) is 9.79. The summed E-state index contributed by atoms with van der Waals surface area (Å²) in [5.74, 6) is -2.46. The molecule has 1 saturated carbocycles. The van der Waals surface area contributed by atoms with Gasteiger partial charge < -0.3 is 15.2 Å². The van der Waals surface area contributed by atoms with Crippen molar-refractivity contribution in [2.24, 2.45) is 7.05 Å². The Bertz CT molecular complexity index is 1240. The summed E-state index contributed by atoms with van der Waals surface area (Å²) in [7, 11) is 1.22. The molecule has 186 valence electrons. The number of benzene rings is 1.